The molecule has 1 heterocycles. The van der Waals surface area contributed by atoms with Gasteiger partial charge in [0.1, 0.15) is 11.2 Å². The van der Waals surface area contributed by atoms with E-state index in [0.29, 0.717) is 0 Å². The van der Waals surface area contributed by atoms with Gasteiger partial charge in [0.25, 0.3) is 0 Å². The molecule has 9 rings (SSSR count). The monoisotopic (exact) mass is 668 g/mol. The predicted molar refractivity (Wildman–Crippen MR) is 225 cm³/mol. The molecule has 0 bridgehead atoms. The van der Waals surface area contributed by atoms with Crippen LogP contribution in [0.2, 0.25) is 0 Å². The molecule has 0 atom stereocenters. The van der Waals surface area contributed by atoms with Crippen LogP contribution in [0.15, 0.2) is 169 Å². The first-order chi connectivity index (χ1) is 25.3. The van der Waals surface area contributed by atoms with E-state index < -0.39 is 0 Å². The summed E-state index contributed by atoms with van der Waals surface area (Å²) in [5.41, 5.74) is 12.6. The van der Waals surface area contributed by atoms with Crippen molar-refractivity contribution in [2.45, 2.75) is 33.1 Å². The molecule has 0 unspecified atom stereocenters. The molecule has 0 fully saturated rings. The average Bonchev–Trinajstić information content (AvgIpc) is 3.56. The SMILES string of the molecule is C=C/C(=C\C=C/C)c1cccc(-c2cc(-c3ccc(-c4cccc5c4oc4ccccc45)cc3)c3ccc4cc(C(C)(C)C)cc5ccc2c3c45)c1. The van der Waals surface area contributed by atoms with Gasteiger partial charge in [-0.25, -0.2) is 0 Å². The van der Waals surface area contributed by atoms with Gasteiger partial charge in [0, 0.05) is 16.3 Å². The van der Waals surface area contributed by atoms with Crippen LogP contribution in [0.25, 0.3) is 93.2 Å². The molecule has 0 radical (unpaired) electrons. The lowest BCUT2D eigenvalue weighted by atomic mass is 9.81. The molecule has 0 saturated heterocycles. The molecule has 0 aliphatic heterocycles. The highest BCUT2D eigenvalue weighted by molar-refractivity contribution is 6.28. The summed E-state index contributed by atoms with van der Waals surface area (Å²) in [6.07, 6.45) is 8.19. The zero-order valence-electron chi connectivity index (χ0n) is 30.1. The third-order valence-corrected chi connectivity index (χ3v) is 10.7. The molecule has 52 heavy (non-hydrogen) atoms. The molecule has 0 amide bonds. The fourth-order valence-electron chi connectivity index (χ4n) is 7.98. The lowest BCUT2D eigenvalue weighted by molar-refractivity contribution is 0.591. The molecule has 1 nitrogen and oxygen atoms in total. The largest absolute Gasteiger partial charge is 0.455 e. The van der Waals surface area contributed by atoms with E-state index in [0.717, 1.165) is 44.2 Å². The lowest BCUT2D eigenvalue weighted by Gasteiger charge is -2.23. The molecule has 1 aromatic heterocycles. The zero-order chi connectivity index (χ0) is 35.6. The molecular formula is C51H40O. The first-order valence-corrected chi connectivity index (χ1v) is 18.2. The number of hydrogen-bond donors (Lipinski definition) is 0. The minimum atomic E-state index is 0.0546. The van der Waals surface area contributed by atoms with Gasteiger partial charge in [-0.15, -0.1) is 0 Å². The Kier molecular flexibility index (Phi) is 7.49. The maximum absolute atomic E-state index is 6.41. The summed E-state index contributed by atoms with van der Waals surface area (Å²) in [4.78, 5) is 0. The molecule has 0 saturated carbocycles. The summed E-state index contributed by atoms with van der Waals surface area (Å²) in [6.45, 7) is 13.0. The number of para-hydroxylation sites is 2. The van der Waals surface area contributed by atoms with Gasteiger partial charge >= 0.3 is 0 Å². The quantitative estimate of drug-likeness (QED) is 0.127. The zero-order valence-corrected chi connectivity index (χ0v) is 30.1. The highest BCUT2D eigenvalue weighted by Crippen LogP contribution is 2.46. The summed E-state index contributed by atoms with van der Waals surface area (Å²) in [5, 5.41) is 10.0. The summed E-state index contributed by atoms with van der Waals surface area (Å²) >= 11 is 0. The van der Waals surface area contributed by atoms with Gasteiger partial charge < -0.3 is 4.42 Å². The van der Waals surface area contributed by atoms with Gasteiger partial charge in [-0.2, -0.15) is 0 Å². The van der Waals surface area contributed by atoms with Crippen LogP contribution in [0.5, 0.6) is 0 Å². The number of benzene rings is 8. The summed E-state index contributed by atoms with van der Waals surface area (Å²) < 4.78 is 6.41. The Balaban J connectivity index is 1.27. The number of hydrogen-bond acceptors (Lipinski definition) is 1. The second-order valence-electron chi connectivity index (χ2n) is 14.9. The maximum atomic E-state index is 6.41. The number of allylic oxidation sites excluding steroid dienone is 5. The van der Waals surface area contributed by atoms with Gasteiger partial charge in [-0.3, -0.25) is 0 Å². The third-order valence-electron chi connectivity index (χ3n) is 10.7. The van der Waals surface area contributed by atoms with E-state index in [1.165, 1.54) is 60.1 Å². The van der Waals surface area contributed by atoms with E-state index in [1.807, 2.05) is 31.2 Å². The Morgan fingerprint density at radius 1 is 0.577 bits per heavy atom. The van der Waals surface area contributed by atoms with Gasteiger partial charge in [0.05, 0.1) is 0 Å². The van der Waals surface area contributed by atoms with Gasteiger partial charge in [0.15, 0.2) is 0 Å². The summed E-state index contributed by atoms with van der Waals surface area (Å²) in [7, 11) is 0. The topological polar surface area (TPSA) is 13.1 Å². The van der Waals surface area contributed by atoms with Crippen molar-refractivity contribution in [3.8, 4) is 33.4 Å². The van der Waals surface area contributed by atoms with Crippen molar-refractivity contribution in [3.05, 3.63) is 175 Å². The van der Waals surface area contributed by atoms with E-state index in [1.54, 1.807) is 0 Å². The Bertz CT molecular complexity index is 2870. The van der Waals surface area contributed by atoms with E-state index >= 15 is 0 Å². The van der Waals surface area contributed by atoms with E-state index in [9.17, 15) is 0 Å². The molecule has 1 heteroatoms. The lowest BCUT2D eigenvalue weighted by Crippen LogP contribution is -2.10. The first-order valence-electron chi connectivity index (χ1n) is 18.2. The average molecular weight is 669 g/mol. The van der Waals surface area contributed by atoms with Crippen LogP contribution in [0.1, 0.15) is 38.8 Å². The van der Waals surface area contributed by atoms with Crippen LogP contribution in [0.3, 0.4) is 0 Å². The summed E-state index contributed by atoms with van der Waals surface area (Å²) in [6, 6.07) is 49.2. The second-order valence-corrected chi connectivity index (χ2v) is 14.9. The second kappa shape index (κ2) is 12.2. The summed E-state index contributed by atoms with van der Waals surface area (Å²) in [5.74, 6) is 0. The highest BCUT2D eigenvalue weighted by Gasteiger charge is 2.21. The maximum Gasteiger partial charge on any atom is 0.143 e. The van der Waals surface area contributed by atoms with Crippen LogP contribution in [-0.4, -0.2) is 0 Å². The molecule has 0 N–H and O–H groups in total. The van der Waals surface area contributed by atoms with Crippen LogP contribution in [-0.2, 0) is 5.41 Å². The van der Waals surface area contributed by atoms with Crippen LogP contribution in [0, 0.1) is 0 Å². The fraction of sp³-hybridized carbons (Fsp3) is 0.0980. The normalized spacial score (nSPS) is 12.7. The van der Waals surface area contributed by atoms with Crippen molar-refractivity contribution >= 4 is 59.8 Å². The predicted octanol–water partition coefficient (Wildman–Crippen LogP) is 14.9. The molecule has 8 aromatic carbocycles. The van der Waals surface area contributed by atoms with Crippen molar-refractivity contribution in [2.24, 2.45) is 0 Å². The minimum absolute atomic E-state index is 0.0546. The van der Waals surface area contributed by atoms with Gasteiger partial charge in [-0.05, 0) is 107 Å². The van der Waals surface area contributed by atoms with Crippen molar-refractivity contribution in [3.63, 3.8) is 0 Å². The number of rotatable bonds is 6. The van der Waals surface area contributed by atoms with Gasteiger partial charge in [-0.1, -0.05) is 167 Å². The molecular weight excluding hydrogens is 629 g/mol. The van der Waals surface area contributed by atoms with E-state index in [2.05, 4.69) is 161 Å². The van der Waals surface area contributed by atoms with Crippen molar-refractivity contribution < 1.29 is 4.42 Å². The third kappa shape index (κ3) is 5.16. The minimum Gasteiger partial charge on any atom is -0.455 e. The first kappa shape index (κ1) is 31.8. The van der Waals surface area contributed by atoms with Crippen LogP contribution < -0.4 is 0 Å². The van der Waals surface area contributed by atoms with Crippen molar-refractivity contribution in [1.82, 2.24) is 0 Å². The number of furan rings is 1. The van der Waals surface area contributed by atoms with Crippen molar-refractivity contribution in [1.29, 1.82) is 0 Å². The van der Waals surface area contributed by atoms with E-state index in [-0.39, 0.29) is 5.41 Å². The Morgan fingerprint density at radius 2 is 1.23 bits per heavy atom. The Labute approximate surface area is 305 Å². The van der Waals surface area contributed by atoms with Crippen molar-refractivity contribution in [2.75, 3.05) is 0 Å². The fourth-order valence-corrected chi connectivity index (χ4v) is 7.98. The Morgan fingerprint density at radius 3 is 1.92 bits per heavy atom. The van der Waals surface area contributed by atoms with Crippen LogP contribution >= 0.6 is 0 Å². The Hall–Kier alpha value is -6.18. The molecule has 0 aliphatic rings. The number of fused-ring (bicyclic) bond motifs is 3. The van der Waals surface area contributed by atoms with E-state index in [4.69, 9.17) is 4.42 Å². The van der Waals surface area contributed by atoms with Gasteiger partial charge in [0.2, 0.25) is 0 Å². The molecule has 250 valence electrons. The standard InChI is InChI=1S/C51H40O/c1-6-8-13-32(7-2)35-14-11-15-36(28-35)46-31-45(42-26-24-37-29-39(51(3,4)5)30-38-25-27-43(46)49(42)48(37)38)34-22-20-33(21-23-34)40-17-12-18-44-41-16-9-10-19-47(41)52-50(40)44/h6-31H,2H2,1,3-5H3/b8-6-,32-13+. The molecule has 9 aromatic rings. The highest BCUT2D eigenvalue weighted by atomic mass is 16.3. The van der Waals surface area contributed by atoms with Crippen LogP contribution in [0.4, 0.5) is 0 Å². The smallest absolute Gasteiger partial charge is 0.143 e. The molecule has 0 aliphatic carbocycles. The molecule has 0 spiro atoms.